The number of rotatable bonds is 1. The number of carbonyl (C=O) groups is 1. The first-order chi connectivity index (χ1) is 11.7. The minimum atomic E-state index is -0.250. The molecule has 1 unspecified atom stereocenters. The number of likely N-dealkylation sites (tertiary alicyclic amines) is 1. The molecule has 1 aromatic heterocycles. The Morgan fingerprint density at radius 3 is 2.88 bits per heavy atom. The summed E-state index contributed by atoms with van der Waals surface area (Å²) in [4.78, 5) is 10.8. The van der Waals surface area contributed by atoms with E-state index in [2.05, 4.69) is 38.8 Å². The van der Waals surface area contributed by atoms with Gasteiger partial charge in [0.2, 0.25) is 0 Å². The third-order valence-corrected chi connectivity index (χ3v) is 4.58. The van der Waals surface area contributed by atoms with Crippen LogP contribution < -0.4 is 4.74 Å². The first kappa shape index (κ1) is 16.4. The molecule has 1 atom stereocenters. The van der Waals surface area contributed by atoms with Gasteiger partial charge in [0.05, 0.1) is 12.6 Å². The number of piperidine rings is 1. The topological polar surface area (TPSA) is 80.5 Å². The Morgan fingerprint density at radius 1 is 1.29 bits per heavy atom. The summed E-state index contributed by atoms with van der Waals surface area (Å²) in [5.41, 5.74) is 1.20. The molecule has 24 heavy (non-hydrogen) atoms. The molecule has 128 valence electrons. The quantitative estimate of drug-likeness (QED) is 0.806. The summed E-state index contributed by atoms with van der Waals surface area (Å²) in [6, 6.07) is 8.61. The maximum absolute atomic E-state index is 8.36. The van der Waals surface area contributed by atoms with Crippen molar-refractivity contribution < 1.29 is 14.6 Å². The lowest BCUT2D eigenvalue weighted by molar-refractivity contribution is -0.122. The molecule has 0 aliphatic carbocycles. The minimum Gasteiger partial charge on any atom is -0.485 e. The van der Waals surface area contributed by atoms with E-state index in [1.165, 1.54) is 18.4 Å². The van der Waals surface area contributed by atoms with Gasteiger partial charge >= 0.3 is 0 Å². The smallest absolute Gasteiger partial charge is 0.290 e. The zero-order chi connectivity index (χ0) is 16.9. The zero-order valence-corrected chi connectivity index (χ0v) is 13.8. The van der Waals surface area contributed by atoms with Crippen molar-refractivity contribution in [3.8, 4) is 5.75 Å². The highest BCUT2D eigenvalue weighted by molar-refractivity contribution is 5.35. The fourth-order valence-corrected chi connectivity index (χ4v) is 3.36. The highest BCUT2D eigenvalue weighted by Crippen LogP contribution is 2.31. The molecule has 2 aliphatic heterocycles. The number of ether oxygens (including phenoxy) is 1. The van der Waals surface area contributed by atoms with Gasteiger partial charge in [0.15, 0.2) is 11.6 Å². The molecule has 1 fully saturated rings. The van der Waals surface area contributed by atoms with Crippen LogP contribution in [0.2, 0.25) is 0 Å². The highest BCUT2D eigenvalue weighted by atomic mass is 16.5. The van der Waals surface area contributed by atoms with Crippen molar-refractivity contribution in [3.63, 3.8) is 0 Å². The normalized spacial score (nSPS) is 19.8. The van der Waals surface area contributed by atoms with Crippen LogP contribution in [0, 0.1) is 0 Å². The van der Waals surface area contributed by atoms with E-state index in [1.54, 1.807) is 0 Å². The molecule has 2 aromatic rings. The average Bonchev–Trinajstić information content (AvgIpc) is 2.88. The van der Waals surface area contributed by atoms with E-state index in [9.17, 15) is 0 Å². The average molecular weight is 330 g/mol. The summed E-state index contributed by atoms with van der Waals surface area (Å²) < 4.78 is 8.11. The van der Waals surface area contributed by atoms with Gasteiger partial charge in [-0.25, -0.2) is 0 Å². The van der Waals surface area contributed by atoms with Crippen LogP contribution in [0.15, 0.2) is 24.3 Å². The van der Waals surface area contributed by atoms with Crippen LogP contribution in [0.25, 0.3) is 0 Å². The van der Waals surface area contributed by atoms with Crippen LogP contribution in [-0.2, 0) is 17.9 Å². The minimum absolute atomic E-state index is 0.250. The Bertz CT molecular complexity index is 701. The van der Waals surface area contributed by atoms with E-state index in [4.69, 9.17) is 14.6 Å². The molecule has 4 rings (SSSR count). The van der Waals surface area contributed by atoms with Crippen LogP contribution in [0.3, 0.4) is 0 Å². The lowest BCUT2D eigenvalue weighted by atomic mass is 10.0. The first-order valence-electron chi connectivity index (χ1n) is 8.15. The van der Waals surface area contributed by atoms with E-state index in [0.717, 1.165) is 36.9 Å². The summed E-state index contributed by atoms with van der Waals surface area (Å²) in [7, 11) is 2.19. The molecule has 2 aliphatic rings. The molecule has 1 N–H and O–H groups in total. The number of fused-ring (bicyclic) bond motifs is 2. The third-order valence-electron chi connectivity index (χ3n) is 4.58. The number of hydrogen-bond donors (Lipinski definition) is 1. The molecule has 3 heterocycles. The van der Waals surface area contributed by atoms with Crippen molar-refractivity contribution in [1.29, 1.82) is 0 Å². The fraction of sp³-hybridized carbons (Fsp3) is 0.471. The molecular formula is C17H22N4O3. The second kappa shape index (κ2) is 7.44. The van der Waals surface area contributed by atoms with Crippen LogP contribution >= 0.6 is 0 Å². The molecule has 0 radical (unpaired) electrons. The monoisotopic (exact) mass is 330 g/mol. The summed E-state index contributed by atoms with van der Waals surface area (Å²) in [6.07, 6.45) is 3.71. The van der Waals surface area contributed by atoms with Crippen molar-refractivity contribution in [2.75, 3.05) is 13.6 Å². The molecule has 1 aromatic carbocycles. The maximum atomic E-state index is 8.36. The van der Waals surface area contributed by atoms with Gasteiger partial charge in [0.1, 0.15) is 12.4 Å². The van der Waals surface area contributed by atoms with Crippen molar-refractivity contribution in [3.05, 3.63) is 41.5 Å². The Morgan fingerprint density at radius 2 is 2.08 bits per heavy atom. The maximum Gasteiger partial charge on any atom is 0.290 e. The predicted octanol–water partition coefficient (Wildman–Crippen LogP) is 2.08. The van der Waals surface area contributed by atoms with Crippen LogP contribution in [0.1, 0.15) is 42.5 Å². The summed E-state index contributed by atoms with van der Waals surface area (Å²) in [5.74, 6) is 2.98. The van der Waals surface area contributed by atoms with Crippen LogP contribution in [0.4, 0.5) is 0 Å². The number of aromatic nitrogens is 3. The first-order valence-corrected chi connectivity index (χ1v) is 8.15. The molecule has 0 bridgehead atoms. The lowest BCUT2D eigenvalue weighted by Gasteiger charge is -2.31. The standard InChI is InChI=1S/C16H20N4O.CH2O2/c1-19-9-5-4-7-13(19)16-18-17-15-11-21-14-8-3-2-6-12(14)10-20(15)16;2-1-3/h2-3,6,8,13H,4-5,7,9-11H2,1H3;1H,(H,2,3). The summed E-state index contributed by atoms with van der Waals surface area (Å²) in [6.45, 7) is 2.19. The number of para-hydroxylation sites is 1. The summed E-state index contributed by atoms with van der Waals surface area (Å²) in [5, 5.41) is 15.7. The Hall–Kier alpha value is -2.41. The van der Waals surface area contributed by atoms with Crippen LogP contribution in [0.5, 0.6) is 5.75 Å². The molecule has 0 amide bonds. The van der Waals surface area contributed by atoms with Crippen molar-refractivity contribution in [2.24, 2.45) is 0 Å². The zero-order valence-electron chi connectivity index (χ0n) is 13.8. The Labute approximate surface area is 140 Å². The molecule has 1 saturated heterocycles. The molecule has 7 nitrogen and oxygen atoms in total. The van der Waals surface area contributed by atoms with Crippen LogP contribution in [-0.4, -0.2) is 44.8 Å². The van der Waals surface area contributed by atoms with Gasteiger partial charge in [0, 0.05) is 5.56 Å². The van der Waals surface area contributed by atoms with Gasteiger partial charge in [-0.05, 0) is 32.5 Å². The molecule has 0 spiro atoms. The number of carboxylic acid groups (broad SMARTS) is 1. The number of nitrogens with zero attached hydrogens (tertiary/aromatic N) is 4. The number of benzene rings is 1. The second-order valence-corrected chi connectivity index (χ2v) is 6.05. The summed E-state index contributed by atoms with van der Waals surface area (Å²) >= 11 is 0. The Kier molecular flexibility index (Phi) is 5.10. The van der Waals surface area contributed by atoms with Crippen molar-refractivity contribution in [1.82, 2.24) is 19.7 Å². The van der Waals surface area contributed by atoms with Gasteiger partial charge in [-0.1, -0.05) is 24.6 Å². The van der Waals surface area contributed by atoms with Gasteiger partial charge in [0.25, 0.3) is 6.47 Å². The fourth-order valence-electron chi connectivity index (χ4n) is 3.36. The van der Waals surface area contributed by atoms with Crippen molar-refractivity contribution >= 4 is 6.47 Å². The Balaban J connectivity index is 0.000000526. The number of hydrogen-bond acceptors (Lipinski definition) is 5. The van der Waals surface area contributed by atoms with E-state index in [-0.39, 0.29) is 6.47 Å². The second-order valence-electron chi connectivity index (χ2n) is 6.05. The van der Waals surface area contributed by atoms with Gasteiger partial charge in [-0.15, -0.1) is 10.2 Å². The largest absolute Gasteiger partial charge is 0.485 e. The third kappa shape index (κ3) is 3.26. The SMILES string of the molecule is CN1CCCCC1c1nnc2n1Cc1ccccc1OC2.O=CO. The lowest BCUT2D eigenvalue weighted by Crippen LogP contribution is -2.31. The van der Waals surface area contributed by atoms with E-state index >= 15 is 0 Å². The van der Waals surface area contributed by atoms with Gasteiger partial charge < -0.3 is 14.4 Å². The highest BCUT2D eigenvalue weighted by Gasteiger charge is 2.28. The molecule has 7 heteroatoms. The van der Waals surface area contributed by atoms with Crippen molar-refractivity contribution in [2.45, 2.75) is 38.5 Å². The predicted molar refractivity (Wildman–Crippen MR) is 87.8 cm³/mol. The van der Waals surface area contributed by atoms with Gasteiger partial charge in [-0.2, -0.15) is 0 Å². The molecular weight excluding hydrogens is 308 g/mol. The van der Waals surface area contributed by atoms with E-state index < -0.39 is 0 Å². The van der Waals surface area contributed by atoms with E-state index in [1.807, 2.05) is 12.1 Å². The van der Waals surface area contributed by atoms with Gasteiger partial charge in [-0.3, -0.25) is 9.69 Å². The van der Waals surface area contributed by atoms with E-state index in [0.29, 0.717) is 12.6 Å². The molecule has 0 saturated carbocycles.